The minimum absolute atomic E-state index is 0.137. The van der Waals surface area contributed by atoms with Crippen LogP contribution in [0.3, 0.4) is 0 Å². The highest BCUT2D eigenvalue weighted by Crippen LogP contribution is 2.25. The summed E-state index contributed by atoms with van der Waals surface area (Å²) in [5.41, 5.74) is 0.622. The lowest BCUT2D eigenvalue weighted by atomic mass is 10.1. The number of hydrogen-bond donors (Lipinski definition) is 0. The molecule has 5 heteroatoms. The predicted octanol–water partition coefficient (Wildman–Crippen LogP) is 3.47. The molecule has 0 amide bonds. The van der Waals surface area contributed by atoms with Gasteiger partial charge in [-0.15, -0.1) is 10.2 Å². The Labute approximate surface area is 110 Å². The van der Waals surface area contributed by atoms with E-state index in [9.17, 15) is 4.39 Å². The van der Waals surface area contributed by atoms with Crippen molar-refractivity contribution in [3.05, 3.63) is 52.9 Å². The Hall–Kier alpha value is -1.68. The van der Waals surface area contributed by atoms with Crippen LogP contribution in [0.25, 0.3) is 0 Å². The van der Waals surface area contributed by atoms with Gasteiger partial charge in [-0.3, -0.25) is 0 Å². The molecular weight excluding hydrogens is 253 g/mol. The molecular formula is C13H13ClFN3. The molecule has 0 N–H and O–H groups in total. The van der Waals surface area contributed by atoms with Crippen LogP contribution in [-0.2, 0) is 0 Å². The molecule has 0 aliphatic rings. The van der Waals surface area contributed by atoms with E-state index in [2.05, 4.69) is 10.2 Å². The lowest BCUT2D eigenvalue weighted by Crippen LogP contribution is -2.23. The average molecular weight is 266 g/mol. The van der Waals surface area contributed by atoms with Crippen molar-refractivity contribution in [2.75, 3.05) is 11.9 Å². The predicted molar refractivity (Wildman–Crippen MR) is 70.3 cm³/mol. The number of nitrogens with zero attached hydrogens (tertiary/aromatic N) is 3. The van der Waals surface area contributed by atoms with Crippen molar-refractivity contribution in [2.24, 2.45) is 0 Å². The Morgan fingerprint density at radius 3 is 2.50 bits per heavy atom. The second-order valence-corrected chi connectivity index (χ2v) is 4.41. The number of anilines is 1. The number of rotatable bonds is 3. The van der Waals surface area contributed by atoms with Gasteiger partial charge in [0.05, 0.1) is 6.04 Å². The average Bonchev–Trinajstić information content (AvgIpc) is 2.38. The van der Waals surface area contributed by atoms with Crippen molar-refractivity contribution >= 4 is 17.4 Å². The van der Waals surface area contributed by atoms with E-state index >= 15 is 0 Å². The quantitative estimate of drug-likeness (QED) is 0.851. The molecule has 0 aliphatic carbocycles. The number of aromatic nitrogens is 2. The first kappa shape index (κ1) is 12.8. The van der Waals surface area contributed by atoms with Crippen molar-refractivity contribution in [3.8, 4) is 0 Å². The summed E-state index contributed by atoms with van der Waals surface area (Å²) in [7, 11) is 1.84. The molecule has 1 atom stereocenters. The summed E-state index contributed by atoms with van der Waals surface area (Å²) < 4.78 is 13.7. The van der Waals surface area contributed by atoms with Gasteiger partial charge >= 0.3 is 0 Å². The van der Waals surface area contributed by atoms with E-state index in [0.29, 0.717) is 16.5 Å². The minimum Gasteiger partial charge on any atom is -0.351 e. The number of hydrogen-bond acceptors (Lipinski definition) is 3. The highest BCUT2D eigenvalue weighted by molar-refractivity contribution is 6.29. The zero-order chi connectivity index (χ0) is 13.1. The first-order valence-electron chi connectivity index (χ1n) is 5.56. The number of halogens is 2. The summed E-state index contributed by atoms with van der Waals surface area (Å²) in [4.78, 5) is 1.85. The Kier molecular flexibility index (Phi) is 3.77. The fraction of sp³-hybridized carbons (Fsp3) is 0.231. The molecule has 1 aromatic heterocycles. The second kappa shape index (κ2) is 5.31. The molecule has 0 radical (unpaired) electrons. The summed E-state index contributed by atoms with van der Waals surface area (Å²) in [5.74, 6) is 0.425. The van der Waals surface area contributed by atoms with Gasteiger partial charge in [-0.1, -0.05) is 29.8 Å². The van der Waals surface area contributed by atoms with E-state index in [1.165, 1.54) is 6.07 Å². The van der Waals surface area contributed by atoms with Gasteiger partial charge in [-0.2, -0.15) is 0 Å². The molecule has 2 aromatic rings. The molecule has 18 heavy (non-hydrogen) atoms. The molecule has 1 aromatic carbocycles. The van der Waals surface area contributed by atoms with Crippen molar-refractivity contribution in [1.29, 1.82) is 0 Å². The van der Waals surface area contributed by atoms with Crippen LogP contribution in [0.15, 0.2) is 36.4 Å². The van der Waals surface area contributed by atoms with Crippen LogP contribution < -0.4 is 4.90 Å². The zero-order valence-electron chi connectivity index (χ0n) is 10.1. The van der Waals surface area contributed by atoms with Crippen molar-refractivity contribution in [1.82, 2.24) is 10.2 Å². The third-order valence-corrected chi connectivity index (χ3v) is 3.12. The molecule has 0 bridgehead atoms. The van der Waals surface area contributed by atoms with E-state index in [1.54, 1.807) is 24.3 Å². The number of benzene rings is 1. The highest BCUT2D eigenvalue weighted by atomic mass is 35.5. The lowest BCUT2D eigenvalue weighted by Gasteiger charge is -2.26. The Morgan fingerprint density at radius 2 is 1.89 bits per heavy atom. The van der Waals surface area contributed by atoms with Crippen molar-refractivity contribution in [2.45, 2.75) is 13.0 Å². The van der Waals surface area contributed by atoms with Crippen molar-refractivity contribution < 1.29 is 4.39 Å². The van der Waals surface area contributed by atoms with Gasteiger partial charge in [0.25, 0.3) is 0 Å². The van der Waals surface area contributed by atoms with Gasteiger partial charge in [0, 0.05) is 12.6 Å². The summed E-state index contributed by atoms with van der Waals surface area (Å²) >= 11 is 5.69. The Morgan fingerprint density at radius 1 is 1.17 bits per heavy atom. The summed E-state index contributed by atoms with van der Waals surface area (Å²) in [6.07, 6.45) is 0. The molecule has 0 aliphatic heterocycles. The molecule has 1 heterocycles. The van der Waals surface area contributed by atoms with Gasteiger partial charge in [0.1, 0.15) is 5.82 Å². The van der Waals surface area contributed by atoms with Crippen LogP contribution in [-0.4, -0.2) is 17.2 Å². The van der Waals surface area contributed by atoms with Crippen molar-refractivity contribution in [3.63, 3.8) is 0 Å². The van der Waals surface area contributed by atoms with E-state index in [4.69, 9.17) is 11.6 Å². The molecule has 2 rings (SSSR count). The summed E-state index contributed by atoms with van der Waals surface area (Å²) in [6.45, 7) is 1.91. The van der Waals surface area contributed by atoms with Gasteiger partial charge in [-0.05, 0) is 25.1 Å². The van der Waals surface area contributed by atoms with Crippen LogP contribution >= 0.6 is 11.6 Å². The van der Waals surface area contributed by atoms with E-state index in [1.807, 2.05) is 24.9 Å². The SMILES string of the molecule is CC(c1ccccc1F)N(C)c1ccc(Cl)nn1. The largest absolute Gasteiger partial charge is 0.351 e. The van der Waals surface area contributed by atoms with Crippen LogP contribution in [0.5, 0.6) is 0 Å². The monoisotopic (exact) mass is 265 g/mol. The highest BCUT2D eigenvalue weighted by Gasteiger charge is 2.16. The normalized spacial score (nSPS) is 12.2. The molecule has 1 unspecified atom stereocenters. The zero-order valence-corrected chi connectivity index (χ0v) is 10.9. The molecule has 0 spiro atoms. The van der Waals surface area contributed by atoms with Crippen LogP contribution in [0.1, 0.15) is 18.5 Å². The molecule has 0 saturated carbocycles. The van der Waals surface area contributed by atoms with Gasteiger partial charge in [-0.25, -0.2) is 4.39 Å². The minimum atomic E-state index is -0.223. The lowest BCUT2D eigenvalue weighted by molar-refractivity contribution is 0.583. The van der Waals surface area contributed by atoms with E-state index in [0.717, 1.165) is 0 Å². The third kappa shape index (κ3) is 2.59. The van der Waals surface area contributed by atoms with Crippen LogP contribution in [0.4, 0.5) is 10.2 Å². The van der Waals surface area contributed by atoms with Gasteiger partial charge in [0.2, 0.25) is 0 Å². The molecule has 94 valence electrons. The standard InChI is InChI=1S/C13H13ClFN3/c1-9(10-5-3-4-6-11(10)15)18(2)13-8-7-12(14)16-17-13/h3-9H,1-2H3. The Balaban J connectivity index is 2.26. The fourth-order valence-electron chi connectivity index (χ4n) is 1.72. The molecule has 3 nitrogen and oxygen atoms in total. The summed E-state index contributed by atoms with van der Waals surface area (Å²) in [6, 6.07) is 9.99. The smallest absolute Gasteiger partial charge is 0.151 e. The maximum atomic E-state index is 13.7. The second-order valence-electron chi connectivity index (χ2n) is 4.02. The van der Waals surface area contributed by atoms with E-state index < -0.39 is 0 Å². The first-order chi connectivity index (χ1) is 8.59. The topological polar surface area (TPSA) is 29.0 Å². The Bertz CT molecular complexity index is 530. The first-order valence-corrected chi connectivity index (χ1v) is 5.94. The maximum absolute atomic E-state index is 13.7. The molecule has 0 saturated heterocycles. The van der Waals surface area contributed by atoms with Crippen LogP contribution in [0.2, 0.25) is 5.15 Å². The van der Waals surface area contributed by atoms with Gasteiger partial charge < -0.3 is 4.90 Å². The van der Waals surface area contributed by atoms with Gasteiger partial charge in [0.15, 0.2) is 11.0 Å². The fourth-order valence-corrected chi connectivity index (χ4v) is 1.82. The van der Waals surface area contributed by atoms with Crippen LogP contribution in [0, 0.1) is 5.82 Å². The third-order valence-electron chi connectivity index (χ3n) is 2.92. The van der Waals surface area contributed by atoms with E-state index in [-0.39, 0.29) is 11.9 Å². The molecule has 0 fully saturated rings. The summed E-state index contributed by atoms with van der Waals surface area (Å²) in [5, 5.41) is 8.09. The maximum Gasteiger partial charge on any atom is 0.151 e.